The maximum atomic E-state index is 12.8. The molecule has 3 N–H and O–H groups in total. The lowest BCUT2D eigenvalue weighted by Gasteiger charge is -2.16. The van der Waals surface area contributed by atoms with Gasteiger partial charge in [0.15, 0.2) is 17.1 Å². The molecule has 0 aliphatic rings. The largest absolute Gasteiger partial charge is 0.482 e. The van der Waals surface area contributed by atoms with Gasteiger partial charge in [0.1, 0.15) is 10.8 Å². The molecule has 3 rings (SSSR count). The fourth-order valence-electron chi connectivity index (χ4n) is 3.63. The molecule has 0 spiro atoms. The van der Waals surface area contributed by atoms with Crippen molar-refractivity contribution in [3.05, 3.63) is 51.2 Å². The Morgan fingerprint density at radius 2 is 1.86 bits per heavy atom. The van der Waals surface area contributed by atoms with E-state index in [-0.39, 0.29) is 39.3 Å². The molecule has 12 heteroatoms. The minimum absolute atomic E-state index is 0.000196. The molecule has 198 valence electrons. The Hall–Kier alpha value is -3.38. The summed E-state index contributed by atoms with van der Waals surface area (Å²) in [6, 6.07) is 5.97. The number of primary amides is 1. The summed E-state index contributed by atoms with van der Waals surface area (Å²) >= 11 is 2.13. The molecular weight excluding hydrogens is 514 g/mol. The first kappa shape index (κ1) is 28.2. The van der Waals surface area contributed by atoms with Crippen LogP contribution in [-0.2, 0) is 16.6 Å². The number of nitrogens with two attached hydrogens (primary N) is 1. The van der Waals surface area contributed by atoms with E-state index in [0.717, 1.165) is 28.2 Å². The fourth-order valence-corrected chi connectivity index (χ4v) is 5.41. The van der Waals surface area contributed by atoms with Gasteiger partial charge in [-0.1, -0.05) is 29.5 Å². The predicted octanol–water partition coefficient (Wildman–Crippen LogP) is 4.34. The van der Waals surface area contributed by atoms with E-state index in [9.17, 15) is 14.4 Å². The highest BCUT2D eigenvalue weighted by Crippen LogP contribution is 2.34. The number of anilines is 1. The van der Waals surface area contributed by atoms with Crippen molar-refractivity contribution in [2.45, 2.75) is 58.9 Å². The van der Waals surface area contributed by atoms with Crippen molar-refractivity contribution in [2.24, 2.45) is 12.8 Å². The van der Waals surface area contributed by atoms with Crippen LogP contribution < -0.4 is 15.8 Å². The lowest BCUT2D eigenvalue weighted by atomic mass is 10.1. The van der Waals surface area contributed by atoms with Gasteiger partial charge in [0.05, 0.1) is 22.3 Å². The van der Waals surface area contributed by atoms with Crippen LogP contribution in [0.3, 0.4) is 0 Å². The summed E-state index contributed by atoms with van der Waals surface area (Å²) in [5.41, 5.74) is 8.13. The zero-order valence-electron chi connectivity index (χ0n) is 21.9. The summed E-state index contributed by atoms with van der Waals surface area (Å²) in [5, 5.41) is 11.9. The highest BCUT2D eigenvalue weighted by atomic mass is 32.2. The number of amides is 2. The Balaban J connectivity index is 1.69. The molecule has 1 aromatic carbocycles. The van der Waals surface area contributed by atoms with Crippen molar-refractivity contribution in [3.63, 3.8) is 0 Å². The number of hydrogen-bond donors (Lipinski definition) is 2. The number of aromatic nitrogens is 3. The van der Waals surface area contributed by atoms with Gasteiger partial charge >= 0.3 is 5.97 Å². The van der Waals surface area contributed by atoms with Crippen LogP contribution >= 0.6 is 23.1 Å². The van der Waals surface area contributed by atoms with Crippen molar-refractivity contribution < 1.29 is 23.9 Å². The van der Waals surface area contributed by atoms with Crippen molar-refractivity contribution >= 4 is 45.9 Å². The fraction of sp³-hybridized carbons (Fsp3) is 0.400. The van der Waals surface area contributed by atoms with Crippen molar-refractivity contribution in [3.8, 4) is 5.75 Å². The summed E-state index contributed by atoms with van der Waals surface area (Å²) < 4.78 is 13.1. The Bertz CT molecular complexity index is 1330. The molecular formula is C25H31N5O5S2. The number of ether oxygens (including phenoxy) is 2. The van der Waals surface area contributed by atoms with Crippen LogP contribution in [0.1, 0.15) is 69.4 Å². The van der Waals surface area contributed by atoms with Gasteiger partial charge in [-0.2, -0.15) is 0 Å². The number of carbonyl (C=O) groups is 3. The Kier molecular flexibility index (Phi) is 8.98. The molecule has 0 radical (unpaired) electrons. The normalized spacial score (nSPS) is 11.9. The zero-order valence-corrected chi connectivity index (χ0v) is 23.5. The summed E-state index contributed by atoms with van der Waals surface area (Å²) in [6.07, 6.45) is -0.729. The van der Waals surface area contributed by atoms with Crippen LogP contribution in [0.5, 0.6) is 5.75 Å². The Morgan fingerprint density at radius 1 is 1.16 bits per heavy atom. The smallest absolute Gasteiger partial charge is 0.341 e. The minimum Gasteiger partial charge on any atom is -0.482 e. The maximum absolute atomic E-state index is 12.8. The first-order chi connectivity index (χ1) is 17.4. The number of rotatable bonds is 10. The number of hydrogen-bond acceptors (Lipinski definition) is 9. The SMILES string of the molecule is Cc1ccc(OC(C)c2nnc(SCC(=O)Nc3sc(C(N)=O)c(C)c3C(=O)OC(C)C)n2C)c(C)c1. The van der Waals surface area contributed by atoms with E-state index in [1.54, 1.807) is 32.4 Å². The zero-order chi connectivity index (χ0) is 27.4. The molecule has 1 unspecified atom stereocenters. The van der Waals surface area contributed by atoms with Crippen molar-refractivity contribution in [2.75, 3.05) is 11.1 Å². The number of carbonyl (C=O) groups excluding carboxylic acids is 3. The molecule has 3 aromatic rings. The van der Waals surface area contributed by atoms with Crippen LogP contribution in [0.25, 0.3) is 0 Å². The molecule has 2 amide bonds. The minimum atomic E-state index is -0.681. The molecule has 2 aromatic heterocycles. The molecule has 37 heavy (non-hydrogen) atoms. The van der Waals surface area contributed by atoms with E-state index in [0.29, 0.717) is 16.5 Å². The van der Waals surface area contributed by atoms with Crippen LogP contribution in [0.4, 0.5) is 5.00 Å². The van der Waals surface area contributed by atoms with Gasteiger partial charge in [-0.25, -0.2) is 4.79 Å². The van der Waals surface area contributed by atoms with Gasteiger partial charge in [0, 0.05) is 7.05 Å². The van der Waals surface area contributed by atoms with E-state index >= 15 is 0 Å². The Labute approximate surface area is 223 Å². The quantitative estimate of drug-likeness (QED) is 0.283. The molecule has 10 nitrogen and oxygen atoms in total. The third kappa shape index (κ3) is 6.69. The van der Waals surface area contributed by atoms with Crippen molar-refractivity contribution in [1.29, 1.82) is 0 Å². The van der Waals surface area contributed by atoms with Crippen LogP contribution in [0, 0.1) is 20.8 Å². The second kappa shape index (κ2) is 11.8. The first-order valence-corrected chi connectivity index (χ1v) is 13.4. The van der Waals surface area contributed by atoms with Gasteiger partial charge in [0.25, 0.3) is 5.91 Å². The van der Waals surface area contributed by atoms with E-state index in [4.69, 9.17) is 15.2 Å². The highest BCUT2D eigenvalue weighted by molar-refractivity contribution is 7.99. The summed E-state index contributed by atoms with van der Waals surface area (Å²) in [7, 11) is 1.80. The molecule has 0 fully saturated rings. The van der Waals surface area contributed by atoms with E-state index in [2.05, 4.69) is 15.5 Å². The number of thioether (sulfide) groups is 1. The predicted molar refractivity (Wildman–Crippen MR) is 143 cm³/mol. The van der Waals surface area contributed by atoms with Crippen molar-refractivity contribution in [1.82, 2.24) is 14.8 Å². The monoisotopic (exact) mass is 545 g/mol. The molecule has 1 atom stereocenters. The molecule has 0 saturated carbocycles. The average Bonchev–Trinajstić information content (AvgIpc) is 3.33. The Morgan fingerprint density at radius 3 is 2.49 bits per heavy atom. The first-order valence-electron chi connectivity index (χ1n) is 11.6. The van der Waals surface area contributed by atoms with Gasteiger partial charge < -0.3 is 25.1 Å². The number of benzene rings is 1. The van der Waals surface area contributed by atoms with E-state index in [1.165, 1.54) is 11.8 Å². The van der Waals surface area contributed by atoms with E-state index < -0.39 is 11.9 Å². The lowest BCUT2D eigenvalue weighted by Crippen LogP contribution is -2.18. The molecule has 2 heterocycles. The lowest BCUT2D eigenvalue weighted by molar-refractivity contribution is -0.113. The topological polar surface area (TPSA) is 138 Å². The summed E-state index contributed by atoms with van der Waals surface area (Å²) in [5.74, 6) is -0.316. The van der Waals surface area contributed by atoms with Gasteiger partial charge in [-0.3, -0.25) is 9.59 Å². The number of nitrogens with zero attached hydrogens (tertiary/aromatic N) is 3. The molecule has 0 aliphatic heterocycles. The second-order valence-corrected chi connectivity index (χ2v) is 10.8. The second-order valence-electron chi connectivity index (χ2n) is 8.84. The molecule has 0 bridgehead atoms. The third-order valence-electron chi connectivity index (χ3n) is 5.37. The number of esters is 1. The number of aryl methyl sites for hydroxylation is 2. The number of nitrogens with one attached hydrogen (secondary N) is 1. The third-order valence-corrected chi connectivity index (χ3v) is 7.61. The molecule has 0 aliphatic carbocycles. The maximum Gasteiger partial charge on any atom is 0.341 e. The van der Waals surface area contributed by atoms with Gasteiger partial charge in [0.2, 0.25) is 5.91 Å². The average molecular weight is 546 g/mol. The van der Waals surface area contributed by atoms with Gasteiger partial charge in [-0.15, -0.1) is 21.5 Å². The van der Waals surface area contributed by atoms with E-state index in [1.807, 2.05) is 39.0 Å². The van der Waals surface area contributed by atoms with Crippen LogP contribution in [0.15, 0.2) is 23.4 Å². The summed E-state index contributed by atoms with van der Waals surface area (Å²) in [6.45, 7) is 10.9. The number of thiophene rings is 1. The van der Waals surface area contributed by atoms with Crippen LogP contribution in [0.2, 0.25) is 0 Å². The summed E-state index contributed by atoms with van der Waals surface area (Å²) in [4.78, 5) is 37.4. The van der Waals surface area contributed by atoms with Gasteiger partial charge in [-0.05, 0) is 58.7 Å². The highest BCUT2D eigenvalue weighted by Gasteiger charge is 2.27. The van der Waals surface area contributed by atoms with Crippen LogP contribution in [-0.4, -0.2) is 44.4 Å². The molecule has 0 saturated heterocycles. The standard InChI is InChI=1S/C25H31N5O5S2/c1-12(2)34-24(33)19-15(5)20(21(26)32)37-23(19)27-18(31)11-36-25-29-28-22(30(25)7)16(6)35-17-9-8-13(3)10-14(17)4/h8-10,12,16H,11H2,1-7H3,(H2,26,32)(H,27,31).